The minimum absolute atomic E-state index is 0.00971. The zero-order valence-corrected chi connectivity index (χ0v) is 23.5. The Balaban J connectivity index is 1.22. The van der Waals surface area contributed by atoms with E-state index in [1.54, 1.807) is 14.0 Å². The van der Waals surface area contributed by atoms with Crippen LogP contribution < -0.4 is 0 Å². The Labute approximate surface area is 230 Å². The summed E-state index contributed by atoms with van der Waals surface area (Å²) in [5, 5.41) is 46.0. The van der Waals surface area contributed by atoms with Crippen LogP contribution in [0.3, 0.4) is 0 Å². The number of rotatable bonds is 4. The number of hydrogen-bond donors (Lipinski definition) is 4. The molecule has 2 aliphatic heterocycles. The maximum Gasteiger partial charge on any atom is 0.330 e. The summed E-state index contributed by atoms with van der Waals surface area (Å²) in [5.74, 6) is -0.376. The van der Waals surface area contributed by atoms with Gasteiger partial charge in [-0.2, -0.15) is 0 Å². The van der Waals surface area contributed by atoms with Gasteiger partial charge in [-0.25, -0.2) is 4.79 Å². The van der Waals surface area contributed by atoms with E-state index < -0.39 is 40.5 Å². The fraction of sp³-hybridized carbons (Fsp3) is 0.900. The number of cyclic esters (lactones) is 1. The van der Waals surface area contributed by atoms with Gasteiger partial charge in [0.2, 0.25) is 0 Å². The quantitative estimate of drug-likeness (QED) is 0.307. The summed E-state index contributed by atoms with van der Waals surface area (Å²) in [7, 11) is 1.58. The summed E-state index contributed by atoms with van der Waals surface area (Å²) in [6, 6.07) is 0. The minimum Gasteiger partial charge on any atom is -0.462 e. The van der Waals surface area contributed by atoms with Gasteiger partial charge < -0.3 is 39.4 Å². The molecule has 9 nitrogen and oxygen atoms in total. The van der Waals surface area contributed by atoms with Crippen molar-refractivity contribution in [3.8, 4) is 0 Å². The summed E-state index contributed by atoms with van der Waals surface area (Å²) in [4.78, 5) is 11.8. The molecule has 5 fully saturated rings. The third-order valence-corrected chi connectivity index (χ3v) is 12.6. The van der Waals surface area contributed by atoms with Gasteiger partial charge in [-0.15, -0.1) is 0 Å². The van der Waals surface area contributed by atoms with E-state index in [4.69, 9.17) is 18.9 Å². The number of aliphatic hydroxyl groups excluding tert-OH is 2. The van der Waals surface area contributed by atoms with Crippen molar-refractivity contribution in [3.63, 3.8) is 0 Å². The van der Waals surface area contributed by atoms with Crippen molar-refractivity contribution in [3.05, 3.63) is 12.2 Å². The van der Waals surface area contributed by atoms with Crippen molar-refractivity contribution < 1.29 is 44.2 Å². The lowest BCUT2D eigenvalue weighted by Crippen LogP contribution is -2.70. The van der Waals surface area contributed by atoms with E-state index in [9.17, 15) is 25.2 Å². The van der Waals surface area contributed by atoms with E-state index in [1.165, 1.54) is 6.08 Å². The summed E-state index contributed by atoms with van der Waals surface area (Å²) in [6.45, 7) is 4.14. The number of esters is 1. The van der Waals surface area contributed by atoms with Crippen LogP contribution in [0.15, 0.2) is 12.2 Å². The maximum atomic E-state index is 12.5. The number of fused-ring (bicyclic) bond motifs is 6. The van der Waals surface area contributed by atoms with E-state index >= 15 is 0 Å². The zero-order chi connectivity index (χ0) is 27.8. The average Bonchev–Trinajstić information content (AvgIpc) is 3.14. The number of aliphatic hydroxyl groups is 4. The molecule has 4 aliphatic carbocycles. The molecule has 220 valence electrons. The van der Waals surface area contributed by atoms with Gasteiger partial charge in [0.15, 0.2) is 6.29 Å². The van der Waals surface area contributed by atoms with E-state index in [0.717, 1.165) is 19.3 Å². The molecule has 1 saturated heterocycles. The van der Waals surface area contributed by atoms with Crippen LogP contribution in [0.2, 0.25) is 0 Å². The van der Waals surface area contributed by atoms with Gasteiger partial charge in [0.1, 0.15) is 12.7 Å². The van der Waals surface area contributed by atoms with Crippen LogP contribution in [0.25, 0.3) is 0 Å². The van der Waals surface area contributed by atoms with Crippen molar-refractivity contribution in [2.24, 2.45) is 28.1 Å². The number of carbonyl (C=O) groups is 1. The molecule has 12 atom stereocenters. The topological polar surface area (TPSA) is 135 Å². The second kappa shape index (κ2) is 9.48. The first-order chi connectivity index (χ1) is 18.5. The van der Waals surface area contributed by atoms with E-state index in [1.807, 2.05) is 6.08 Å². The molecule has 6 aliphatic rings. The van der Waals surface area contributed by atoms with Crippen molar-refractivity contribution in [2.45, 2.75) is 120 Å². The number of ether oxygens (including phenoxy) is 4. The van der Waals surface area contributed by atoms with E-state index in [-0.39, 0.29) is 42.0 Å². The number of hydrogen-bond acceptors (Lipinski definition) is 9. The molecule has 2 heterocycles. The highest BCUT2D eigenvalue weighted by molar-refractivity contribution is 5.83. The molecule has 9 heteroatoms. The van der Waals surface area contributed by atoms with Crippen LogP contribution >= 0.6 is 0 Å². The largest absolute Gasteiger partial charge is 0.462 e. The molecule has 39 heavy (non-hydrogen) atoms. The Hall–Kier alpha value is -1.07. The highest BCUT2D eigenvalue weighted by Gasteiger charge is 2.74. The van der Waals surface area contributed by atoms with Gasteiger partial charge in [-0.05, 0) is 70.1 Å². The van der Waals surface area contributed by atoms with Gasteiger partial charge >= 0.3 is 5.97 Å². The molecule has 0 radical (unpaired) electrons. The van der Waals surface area contributed by atoms with Crippen molar-refractivity contribution in [1.29, 1.82) is 0 Å². The maximum absolute atomic E-state index is 12.5. The standard InChI is InChI=1S/C30H46O9/c1-18-25(33)22(36-3)14-24(38-18)39-19-4-10-28(16-31)20-5-8-26(2)27(9-7-23(32)37-17-27)12-13-30(26,35)21(20)6-11-29(28,34)15-19/h7,9,18-22,24-25,31,33-35H,4-6,8,10-17H2,1-3H3/t18-,19-,20+,21-,22-,24+,25+,26-,27+,28+,29+,30-/m1/s1. The summed E-state index contributed by atoms with van der Waals surface area (Å²) in [6.07, 6.45) is 7.49. The zero-order valence-electron chi connectivity index (χ0n) is 23.5. The molecule has 0 aromatic rings. The Kier molecular flexibility index (Phi) is 6.82. The first-order valence-corrected chi connectivity index (χ1v) is 14.9. The lowest BCUT2D eigenvalue weighted by atomic mass is 9.40. The van der Waals surface area contributed by atoms with Crippen LogP contribution in [-0.2, 0) is 23.7 Å². The predicted molar refractivity (Wildman–Crippen MR) is 139 cm³/mol. The average molecular weight is 551 g/mol. The van der Waals surface area contributed by atoms with Crippen molar-refractivity contribution in [1.82, 2.24) is 0 Å². The number of carbonyl (C=O) groups excluding carboxylic acids is 1. The molecule has 0 aromatic carbocycles. The predicted octanol–water partition coefficient (Wildman–Crippen LogP) is 2.23. The van der Waals surface area contributed by atoms with E-state index in [0.29, 0.717) is 51.6 Å². The molecular weight excluding hydrogens is 504 g/mol. The van der Waals surface area contributed by atoms with Gasteiger partial charge in [0, 0.05) is 42.3 Å². The molecule has 4 N–H and O–H groups in total. The molecule has 0 unspecified atom stereocenters. The monoisotopic (exact) mass is 550 g/mol. The molecule has 0 amide bonds. The van der Waals surface area contributed by atoms with Crippen LogP contribution in [0.4, 0.5) is 0 Å². The Bertz CT molecular complexity index is 1000. The molecular formula is C30H46O9. The van der Waals surface area contributed by atoms with Crippen LogP contribution in [0.1, 0.15) is 78.1 Å². The highest BCUT2D eigenvalue weighted by atomic mass is 16.7. The van der Waals surface area contributed by atoms with E-state index in [2.05, 4.69) is 6.92 Å². The summed E-state index contributed by atoms with van der Waals surface area (Å²) >= 11 is 0. The number of methoxy groups -OCH3 is 1. The van der Waals surface area contributed by atoms with Crippen LogP contribution in [0, 0.1) is 28.1 Å². The molecule has 0 bridgehead atoms. The minimum atomic E-state index is -1.10. The Morgan fingerprint density at radius 1 is 1.08 bits per heavy atom. The fourth-order valence-corrected chi connectivity index (χ4v) is 10.2. The van der Waals surface area contributed by atoms with Gasteiger partial charge in [-0.3, -0.25) is 0 Å². The van der Waals surface area contributed by atoms with Crippen LogP contribution in [-0.4, -0.2) is 88.6 Å². The second-order valence-electron chi connectivity index (χ2n) is 13.8. The Morgan fingerprint density at radius 2 is 1.85 bits per heavy atom. The summed E-state index contributed by atoms with van der Waals surface area (Å²) < 4.78 is 23.2. The van der Waals surface area contributed by atoms with Gasteiger partial charge in [0.05, 0.1) is 36.1 Å². The molecule has 0 aromatic heterocycles. The second-order valence-corrected chi connectivity index (χ2v) is 13.8. The lowest BCUT2D eigenvalue weighted by molar-refractivity contribution is -0.300. The molecule has 1 spiro atoms. The van der Waals surface area contributed by atoms with Crippen LogP contribution in [0.5, 0.6) is 0 Å². The highest BCUT2D eigenvalue weighted by Crippen LogP contribution is 2.73. The summed E-state index contributed by atoms with van der Waals surface area (Å²) in [5.41, 5.74) is -3.58. The fourth-order valence-electron chi connectivity index (χ4n) is 10.2. The molecule has 4 saturated carbocycles. The normalized spacial score (nSPS) is 55.1. The lowest BCUT2D eigenvalue weighted by Gasteiger charge is -2.67. The smallest absolute Gasteiger partial charge is 0.330 e. The van der Waals surface area contributed by atoms with Gasteiger partial charge in [-0.1, -0.05) is 13.0 Å². The molecule has 6 rings (SSSR count). The SMILES string of the molecule is CO[C@@H]1C[C@H](O[C@@H]2CC[C@]3(CO)[C@H]4CC[C@]5(C)[C@@]6(C=CC(=O)OC6)CC[C@@]5(O)[C@@H]4CC[C@]3(O)C2)O[C@H](C)[C@@H]1O. The first kappa shape index (κ1) is 28.1. The first-order valence-electron chi connectivity index (χ1n) is 14.9. The van der Waals surface area contributed by atoms with Crippen molar-refractivity contribution in [2.75, 3.05) is 20.3 Å². The Morgan fingerprint density at radius 3 is 2.54 bits per heavy atom. The van der Waals surface area contributed by atoms with Gasteiger partial charge in [0.25, 0.3) is 0 Å². The third-order valence-electron chi connectivity index (χ3n) is 12.6. The third kappa shape index (κ3) is 3.80. The van der Waals surface area contributed by atoms with Crippen molar-refractivity contribution >= 4 is 5.97 Å².